The number of sulfonamides is 1. The predicted octanol–water partition coefficient (Wildman–Crippen LogP) is 2.51. The maximum Gasteiger partial charge on any atom is 0.270 e. The van der Waals surface area contributed by atoms with Crippen LogP contribution in [0.1, 0.15) is 6.92 Å². The van der Waals surface area contributed by atoms with Crippen LogP contribution < -0.4 is 9.46 Å². The Bertz CT molecular complexity index is 780. The second-order valence-corrected chi connectivity index (χ2v) is 5.79. The lowest BCUT2D eigenvalue weighted by atomic mass is 10.0. The van der Waals surface area contributed by atoms with Gasteiger partial charge in [0.25, 0.3) is 10.0 Å². The first kappa shape index (κ1) is 14.9. The summed E-state index contributed by atoms with van der Waals surface area (Å²) in [5.74, 6) is 0.597. The molecule has 0 bridgehead atoms. The fourth-order valence-electron chi connectivity index (χ4n) is 2.01. The Morgan fingerprint density at radius 1 is 1.10 bits per heavy atom. The maximum absolute atomic E-state index is 12.1. The Morgan fingerprint density at radius 3 is 2.38 bits per heavy atom. The number of rotatable bonds is 5. The van der Waals surface area contributed by atoms with E-state index in [9.17, 15) is 8.42 Å². The first-order valence-corrected chi connectivity index (χ1v) is 7.80. The van der Waals surface area contributed by atoms with E-state index in [0.717, 1.165) is 0 Å². The molecule has 6 heteroatoms. The molecule has 2 aromatic rings. The van der Waals surface area contributed by atoms with Gasteiger partial charge in [0.05, 0.1) is 11.5 Å². The number of para-hydroxylation sites is 1. The molecule has 2 aromatic carbocycles. The summed E-state index contributed by atoms with van der Waals surface area (Å²) in [5, 5.41) is 8.60. The van der Waals surface area contributed by atoms with Crippen LogP contribution in [0.3, 0.4) is 0 Å². The van der Waals surface area contributed by atoms with Gasteiger partial charge in [-0.15, -0.1) is 0 Å². The minimum Gasteiger partial charge on any atom is -0.493 e. The van der Waals surface area contributed by atoms with Gasteiger partial charge in [-0.1, -0.05) is 36.4 Å². The zero-order valence-electron chi connectivity index (χ0n) is 11.4. The van der Waals surface area contributed by atoms with Crippen molar-refractivity contribution in [3.8, 4) is 23.1 Å². The van der Waals surface area contributed by atoms with Crippen molar-refractivity contribution >= 4 is 10.0 Å². The Hall–Kier alpha value is -2.52. The molecule has 21 heavy (non-hydrogen) atoms. The first-order chi connectivity index (χ1) is 10.1. The number of nitrogens with zero attached hydrogens (tertiary/aromatic N) is 1. The minimum absolute atomic E-state index is 0.0405. The minimum atomic E-state index is -3.89. The zero-order chi connectivity index (χ0) is 15.3. The molecular formula is C15H14N2O3S. The number of nitriles is 1. The summed E-state index contributed by atoms with van der Waals surface area (Å²) in [4.78, 5) is 0.0405. The third kappa shape index (κ3) is 3.15. The van der Waals surface area contributed by atoms with Crippen LogP contribution in [0, 0.1) is 11.5 Å². The van der Waals surface area contributed by atoms with Crippen molar-refractivity contribution in [3.63, 3.8) is 0 Å². The smallest absolute Gasteiger partial charge is 0.270 e. The highest BCUT2D eigenvalue weighted by atomic mass is 32.2. The van der Waals surface area contributed by atoms with Gasteiger partial charge in [-0.2, -0.15) is 5.26 Å². The van der Waals surface area contributed by atoms with Crippen LogP contribution >= 0.6 is 0 Å². The highest BCUT2D eigenvalue weighted by Gasteiger charge is 2.20. The lowest BCUT2D eigenvalue weighted by Gasteiger charge is -2.13. The Labute approximate surface area is 123 Å². The van der Waals surface area contributed by atoms with Gasteiger partial charge in [-0.3, -0.25) is 0 Å². The number of hydrogen-bond acceptors (Lipinski definition) is 4. The summed E-state index contributed by atoms with van der Waals surface area (Å²) >= 11 is 0. The average molecular weight is 302 g/mol. The number of benzene rings is 2. The molecular weight excluding hydrogens is 288 g/mol. The number of ether oxygens (including phenoxy) is 1. The highest BCUT2D eigenvalue weighted by Crippen LogP contribution is 2.34. The van der Waals surface area contributed by atoms with Gasteiger partial charge in [0.15, 0.2) is 6.19 Å². The van der Waals surface area contributed by atoms with E-state index in [1.54, 1.807) is 36.4 Å². The molecule has 0 radical (unpaired) electrons. The average Bonchev–Trinajstić information content (AvgIpc) is 2.48. The fraction of sp³-hybridized carbons (Fsp3) is 0.133. The molecule has 0 aromatic heterocycles. The quantitative estimate of drug-likeness (QED) is 0.680. The topological polar surface area (TPSA) is 79.2 Å². The highest BCUT2D eigenvalue weighted by molar-refractivity contribution is 7.89. The molecule has 0 saturated heterocycles. The van der Waals surface area contributed by atoms with Crippen molar-refractivity contribution in [2.75, 3.05) is 6.61 Å². The van der Waals surface area contributed by atoms with E-state index in [1.165, 1.54) is 12.3 Å². The molecule has 5 nitrogen and oxygen atoms in total. The second kappa shape index (κ2) is 6.29. The summed E-state index contributed by atoms with van der Waals surface area (Å²) in [7, 11) is -3.89. The monoisotopic (exact) mass is 302 g/mol. The van der Waals surface area contributed by atoms with Crippen molar-refractivity contribution in [2.45, 2.75) is 11.8 Å². The predicted molar refractivity (Wildman–Crippen MR) is 79.0 cm³/mol. The van der Waals surface area contributed by atoms with Crippen LogP contribution in [-0.2, 0) is 10.0 Å². The molecule has 0 unspecified atom stereocenters. The lowest BCUT2D eigenvalue weighted by Crippen LogP contribution is -2.19. The van der Waals surface area contributed by atoms with Gasteiger partial charge in [0.2, 0.25) is 0 Å². The van der Waals surface area contributed by atoms with Crippen LogP contribution in [0.25, 0.3) is 11.1 Å². The molecule has 0 heterocycles. The fourth-order valence-corrected chi connectivity index (χ4v) is 2.96. The second-order valence-electron chi connectivity index (χ2n) is 4.14. The number of hydrogen-bond donors (Lipinski definition) is 1. The van der Waals surface area contributed by atoms with E-state index in [1.807, 2.05) is 17.7 Å². The molecule has 108 valence electrons. The summed E-state index contributed by atoms with van der Waals surface area (Å²) in [6.07, 6.45) is 1.46. The summed E-state index contributed by atoms with van der Waals surface area (Å²) in [6.45, 7) is 2.33. The molecule has 0 fully saturated rings. The maximum atomic E-state index is 12.1. The molecule has 1 N–H and O–H groups in total. The van der Waals surface area contributed by atoms with Gasteiger partial charge in [-0.05, 0) is 19.1 Å². The van der Waals surface area contributed by atoms with Gasteiger partial charge in [0.1, 0.15) is 5.75 Å². The normalized spacial score (nSPS) is 10.7. The summed E-state index contributed by atoms with van der Waals surface area (Å²) < 4.78 is 31.6. The molecule has 0 saturated carbocycles. The van der Waals surface area contributed by atoms with Gasteiger partial charge in [0, 0.05) is 11.1 Å². The van der Waals surface area contributed by atoms with Crippen molar-refractivity contribution < 1.29 is 13.2 Å². The van der Waals surface area contributed by atoms with Crippen molar-refractivity contribution in [2.24, 2.45) is 0 Å². The van der Waals surface area contributed by atoms with Gasteiger partial charge < -0.3 is 4.74 Å². The van der Waals surface area contributed by atoms with E-state index in [4.69, 9.17) is 10.00 Å². The van der Waals surface area contributed by atoms with Crippen LogP contribution in [-0.4, -0.2) is 15.0 Å². The van der Waals surface area contributed by atoms with E-state index in [2.05, 4.69) is 0 Å². The van der Waals surface area contributed by atoms with Crippen molar-refractivity contribution in [3.05, 3.63) is 48.5 Å². The molecule has 0 spiro atoms. The zero-order valence-corrected chi connectivity index (χ0v) is 12.2. The summed E-state index contributed by atoms with van der Waals surface area (Å²) in [5.41, 5.74) is 1.16. The molecule has 0 atom stereocenters. The third-order valence-corrected chi connectivity index (χ3v) is 4.13. The molecule has 0 aliphatic carbocycles. The SMILES string of the molecule is CCOc1ccccc1-c1ccccc1S(=O)(=O)NC#N. The third-order valence-electron chi connectivity index (χ3n) is 2.83. The Morgan fingerprint density at radius 2 is 1.71 bits per heavy atom. The first-order valence-electron chi connectivity index (χ1n) is 6.32. The molecule has 0 amide bonds. The Kier molecular flexibility index (Phi) is 4.45. The van der Waals surface area contributed by atoms with Gasteiger partial charge in [-0.25, -0.2) is 13.1 Å². The Balaban J connectivity index is 2.65. The largest absolute Gasteiger partial charge is 0.493 e. The number of nitrogens with one attached hydrogen (secondary N) is 1. The lowest BCUT2D eigenvalue weighted by molar-refractivity contribution is 0.341. The summed E-state index contributed by atoms with van der Waals surface area (Å²) in [6, 6.07) is 13.7. The van der Waals surface area contributed by atoms with E-state index >= 15 is 0 Å². The van der Waals surface area contributed by atoms with Crippen molar-refractivity contribution in [1.82, 2.24) is 4.72 Å². The van der Waals surface area contributed by atoms with Crippen LogP contribution in [0.5, 0.6) is 5.75 Å². The van der Waals surface area contributed by atoms with Crippen LogP contribution in [0.4, 0.5) is 0 Å². The molecule has 2 rings (SSSR count). The standard InChI is InChI=1S/C15H14N2O3S/c1-2-20-14-9-5-3-7-12(14)13-8-4-6-10-15(13)21(18,19)17-11-16/h3-10,17H,2H2,1H3. The van der Waals surface area contributed by atoms with E-state index in [0.29, 0.717) is 23.5 Å². The van der Waals surface area contributed by atoms with E-state index < -0.39 is 10.0 Å². The van der Waals surface area contributed by atoms with Crippen molar-refractivity contribution in [1.29, 1.82) is 5.26 Å². The van der Waals surface area contributed by atoms with E-state index in [-0.39, 0.29) is 4.90 Å². The van der Waals surface area contributed by atoms with Crippen LogP contribution in [0.15, 0.2) is 53.4 Å². The van der Waals surface area contributed by atoms with Gasteiger partial charge >= 0.3 is 0 Å². The molecule has 0 aliphatic heterocycles. The van der Waals surface area contributed by atoms with Crippen LogP contribution in [0.2, 0.25) is 0 Å². The molecule has 0 aliphatic rings.